The molecule has 0 atom stereocenters. The number of pyridine rings is 1. The van der Waals surface area contributed by atoms with Crippen molar-refractivity contribution in [3.63, 3.8) is 0 Å². The summed E-state index contributed by atoms with van der Waals surface area (Å²) in [7, 11) is 0. The lowest BCUT2D eigenvalue weighted by molar-refractivity contribution is 1.07. The molecule has 0 unspecified atom stereocenters. The van der Waals surface area contributed by atoms with Gasteiger partial charge in [-0.2, -0.15) is 0 Å². The van der Waals surface area contributed by atoms with Crippen LogP contribution in [0.25, 0.3) is 79.1 Å². The van der Waals surface area contributed by atoms with Crippen molar-refractivity contribution >= 4 is 10.9 Å². The number of fused-ring (bicyclic) bond motifs is 1. The molecule has 0 aliphatic rings. The van der Waals surface area contributed by atoms with E-state index in [4.69, 9.17) is 29.9 Å². The van der Waals surface area contributed by atoms with E-state index in [1.165, 1.54) is 0 Å². The Bertz CT molecular complexity index is 2230. The summed E-state index contributed by atoms with van der Waals surface area (Å²) in [5.41, 5.74) is 7.97. The van der Waals surface area contributed by atoms with Crippen molar-refractivity contribution in [1.29, 1.82) is 0 Å². The molecule has 8 rings (SSSR count). The van der Waals surface area contributed by atoms with Gasteiger partial charge in [0.05, 0.1) is 16.9 Å². The van der Waals surface area contributed by atoms with E-state index in [1.807, 2.05) is 121 Å². The topological polar surface area (TPSA) is 77.3 Å². The fourth-order valence-corrected chi connectivity index (χ4v) is 5.38. The highest BCUT2D eigenvalue weighted by Crippen LogP contribution is 2.30. The molecule has 0 N–H and O–H groups in total. The largest absolute Gasteiger partial charge is 0.244 e. The molecule has 0 saturated carbocycles. The number of hydrogen-bond donors (Lipinski definition) is 0. The van der Waals surface area contributed by atoms with E-state index in [2.05, 4.69) is 36.4 Å². The molecule has 46 heavy (non-hydrogen) atoms. The zero-order valence-electron chi connectivity index (χ0n) is 24.7. The molecule has 0 spiro atoms. The van der Waals surface area contributed by atoms with E-state index in [0.717, 1.165) is 55.8 Å². The zero-order chi connectivity index (χ0) is 30.7. The zero-order valence-corrected chi connectivity index (χ0v) is 24.7. The van der Waals surface area contributed by atoms with Gasteiger partial charge in [0.15, 0.2) is 23.3 Å². The Kier molecular flexibility index (Phi) is 7.05. The first-order valence-corrected chi connectivity index (χ1v) is 15.1. The normalized spacial score (nSPS) is 11.0. The van der Waals surface area contributed by atoms with Crippen molar-refractivity contribution in [3.8, 4) is 68.2 Å². The maximum atomic E-state index is 5.00. The Morgan fingerprint density at radius 3 is 1.26 bits per heavy atom. The second-order valence-corrected chi connectivity index (χ2v) is 10.8. The third kappa shape index (κ3) is 5.51. The van der Waals surface area contributed by atoms with Gasteiger partial charge in [-0.1, -0.05) is 140 Å². The highest BCUT2D eigenvalue weighted by molar-refractivity contribution is 5.81. The molecule has 5 aromatic carbocycles. The summed E-state index contributed by atoms with van der Waals surface area (Å²) in [5, 5.41) is 1.07. The Morgan fingerprint density at radius 1 is 0.261 bits per heavy atom. The quantitative estimate of drug-likeness (QED) is 0.192. The number of para-hydroxylation sites is 1. The van der Waals surface area contributed by atoms with E-state index >= 15 is 0 Å². The van der Waals surface area contributed by atoms with Gasteiger partial charge >= 0.3 is 0 Å². The lowest BCUT2D eigenvalue weighted by Crippen LogP contribution is -2.00. The van der Waals surface area contributed by atoms with Gasteiger partial charge in [0.25, 0.3) is 0 Å². The van der Waals surface area contributed by atoms with Gasteiger partial charge in [0.1, 0.15) is 5.69 Å². The molecule has 3 heterocycles. The third-order valence-electron chi connectivity index (χ3n) is 7.76. The molecule has 216 valence electrons. The summed E-state index contributed by atoms with van der Waals surface area (Å²) in [6, 6.07) is 52.4. The fraction of sp³-hybridized carbons (Fsp3) is 0. The first-order valence-electron chi connectivity index (χ1n) is 15.1. The van der Waals surface area contributed by atoms with Crippen LogP contribution in [0.1, 0.15) is 0 Å². The summed E-state index contributed by atoms with van der Waals surface area (Å²) in [6.45, 7) is 0. The van der Waals surface area contributed by atoms with Crippen LogP contribution in [-0.4, -0.2) is 29.9 Å². The van der Waals surface area contributed by atoms with Crippen LogP contribution in [0.15, 0.2) is 158 Å². The van der Waals surface area contributed by atoms with Gasteiger partial charge in [0.2, 0.25) is 0 Å². The smallest absolute Gasteiger partial charge is 0.179 e. The lowest BCUT2D eigenvalue weighted by Gasteiger charge is -2.11. The SMILES string of the molecule is c1ccc(-c2cc(-c3ccc(-c4nc(-c5ccccc5)nc(-c5ccccc5)n4)cc3)nc(-c3ccc4ccccc4n3)n2)cc1. The number of rotatable bonds is 6. The Balaban J connectivity index is 1.22. The van der Waals surface area contributed by atoms with E-state index in [-0.39, 0.29) is 0 Å². The van der Waals surface area contributed by atoms with Crippen LogP contribution in [0.4, 0.5) is 0 Å². The van der Waals surface area contributed by atoms with E-state index in [0.29, 0.717) is 23.3 Å². The summed E-state index contributed by atoms with van der Waals surface area (Å²) < 4.78 is 0. The Morgan fingerprint density at radius 2 is 0.696 bits per heavy atom. The maximum Gasteiger partial charge on any atom is 0.179 e. The van der Waals surface area contributed by atoms with Gasteiger partial charge in [-0.25, -0.2) is 29.9 Å². The molecule has 0 saturated heterocycles. The lowest BCUT2D eigenvalue weighted by atomic mass is 10.0. The minimum atomic E-state index is 0.573. The molecule has 0 bridgehead atoms. The Labute approximate surface area is 266 Å². The molecule has 0 aliphatic carbocycles. The van der Waals surface area contributed by atoms with Gasteiger partial charge in [-0.3, -0.25) is 0 Å². The Hall–Kier alpha value is -6.40. The number of aromatic nitrogens is 6. The first-order chi connectivity index (χ1) is 22.8. The molecule has 6 heteroatoms. The predicted molar refractivity (Wildman–Crippen MR) is 183 cm³/mol. The molecule has 0 amide bonds. The second-order valence-electron chi connectivity index (χ2n) is 10.8. The summed E-state index contributed by atoms with van der Waals surface area (Å²) in [5.74, 6) is 2.44. The van der Waals surface area contributed by atoms with Gasteiger partial charge < -0.3 is 0 Å². The van der Waals surface area contributed by atoms with E-state index in [1.54, 1.807) is 0 Å². The molecule has 6 nitrogen and oxygen atoms in total. The standard InChI is InChI=1S/C40H26N6/c1-4-12-27(13-5-1)35-26-36(43-40(42-35)34-25-24-28-14-10-11-19-33(28)41-34)29-20-22-32(23-21-29)39-45-37(30-15-6-2-7-16-30)44-38(46-39)31-17-8-3-9-18-31/h1-26H. The van der Waals surface area contributed by atoms with Gasteiger partial charge in [-0.15, -0.1) is 0 Å². The molecular formula is C40H26N6. The van der Waals surface area contributed by atoms with Crippen molar-refractivity contribution in [2.45, 2.75) is 0 Å². The predicted octanol–water partition coefficient (Wildman–Crippen LogP) is 9.21. The molecule has 8 aromatic rings. The highest BCUT2D eigenvalue weighted by atomic mass is 15.0. The number of nitrogens with zero attached hydrogens (tertiary/aromatic N) is 6. The average Bonchev–Trinajstić information content (AvgIpc) is 3.15. The van der Waals surface area contributed by atoms with Crippen molar-refractivity contribution in [1.82, 2.24) is 29.9 Å². The molecule has 3 aromatic heterocycles. The summed E-state index contributed by atoms with van der Waals surface area (Å²) in [6.07, 6.45) is 0. The van der Waals surface area contributed by atoms with Crippen molar-refractivity contribution in [2.75, 3.05) is 0 Å². The van der Waals surface area contributed by atoms with Gasteiger partial charge in [-0.05, 0) is 18.2 Å². The van der Waals surface area contributed by atoms with E-state index < -0.39 is 0 Å². The van der Waals surface area contributed by atoms with Crippen LogP contribution in [-0.2, 0) is 0 Å². The third-order valence-corrected chi connectivity index (χ3v) is 7.76. The molecular weight excluding hydrogens is 564 g/mol. The molecule has 0 radical (unpaired) electrons. The fourth-order valence-electron chi connectivity index (χ4n) is 5.38. The van der Waals surface area contributed by atoms with Crippen LogP contribution >= 0.6 is 0 Å². The summed E-state index contributed by atoms with van der Waals surface area (Å²) >= 11 is 0. The minimum Gasteiger partial charge on any atom is -0.244 e. The summed E-state index contributed by atoms with van der Waals surface area (Å²) in [4.78, 5) is 29.4. The number of hydrogen-bond acceptors (Lipinski definition) is 6. The molecule has 0 fully saturated rings. The van der Waals surface area contributed by atoms with Crippen LogP contribution in [0.3, 0.4) is 0 Å². The van der Waals surface area contributed by atoms with Gasteiger partial charge in [0, 0.05) is 33.2 Å². The van der Waals surface area contributed by atoms with Crippen molar-refractivity contribution in [2.24, 2.45) is 0 Å². The highest BCUT2D eigenvalue weighted by Gasteiger charge is 2.15. The van der Waals surface area contributed by atoms with Crippen LogP contribution in [0.5, 0.6) is 0 Å². The minimum absolute atomic E-state index is 0.573. The maximum absolute atomic E-state index is 5.00. The monoisotopic (exact) mass is 590 g/mol. The van der Waals surface area contributed by atoms with Crippen LogP contribution in [0.2, 0.25) is 0 Å². The van der Waals surface area contributed by atoms with Crippen molar-refractivity contribution in [3.05, 3.63) is 158 Å². The second kappa shape index (κ2) is 11.9. The van der Waals surface area contributed by atoms with Crippen LogP contribution < -0.4 is 0 Å². The van der Waals surface area contributed by atoms with E-state index in [9.17, 15) is 0 Å². The first kappa shape index (κ1) is 27.2. The van der Waals surface area contributed by atoms with Crippen molar-refractivity contribution < 1.29 is 0 Å². The molecule has 0 aliphatic heterocycles. The average molecular weight is 591 g/mol. The number of benzene rings is 5. The van der Waals surface area contributed by atoms with Crippen LogP contribution in [0, 0.1) is 0 Å².